The van der Waals surface area contributed by atoms with Crippen molar-refractivity contribution in [3.63, 3.8) is 0 Å². The quantitative estimate of drug-likeness (QED) is 0.543. The normalized spacial score (nSPS) is 16.3. The van der Waals surface area contributed by atoms with Gasteiger partial charge in [-0.25, -0.2) is 0 Å². The van der Waals surface area contributed by atoms with E-state index in [1.807, 2.05) is 60.7 Å². The van der Waals surface area contributed by atoms with E-state index in [-0.39, 0.29) is 6.04 Å². The summed E-state index contributed by atoms with van der Waals surface area (Å²) >= 11 is 0. The molecule has 0 amide bonds. The van der Waals surface area contributed by atoms with Crippen molar-refractivity contribution >= 4 is 17.9 Å². The molecule has 0 aromatic heterocycles. The van der Waals surface area contributed by atoms with Crippen LogP contribution in [0, 0.1) is 0 Å². The lowest BCUT2D eigenvalue weighted by Gasteiger charge is -2.33. The second-order valence-electron chi connectivity index (χ2n) is 8.16. The summed E-state index contributed by atoms with van der Waals surface area (Å²) in [5.41, 5.74) is 1.28. The summed E-state index contributed by atoms with van der Waals surface area (Å²) in [6.07, 6.45) is 4.70. The highest BCUT2D eigenvalue weighted by Gasteiger charge is 2.31. The number of nitrogens with one attached hydrogen (secondary N) is 1. The van der Waals surface area contributed by atoms with E-state index in [0.29, 0.717) is 0 Å². The maximum Gasteiger partial charge on any atom is 0.204 e. The highest BCUT2D eigenvalue weighted by atomic mass is 31.2. The predicted molar refractivity (Wildman–Crippen MR) is 127 cm³/mol. The molecule has 0 aliphatic carbocycles. The monoisotopic (exact) mass is 418 g/mol. The van der Waals surface area contributed by atoms with Gasteiger partial charge < -0.3 is 4.90 Å². The standard InChI is InChI=1S/C26H31N2OP/c29-30(25-15-7-2-8-16-25,26-17-9-3-10-18-26)27-24(21-23-13-5-1-6-14-23)22-28-19-11-4-12-20-28/h1-3,5-10,13-18,24H,4,11-12,19-22H2,(H,27,29)/t24-/m0/s1. The molecule has 1 aliphatic heterocycles. The van der Waals surface area contributed by atoms with Crippen molar-refractivity contribution in [3.05, 3.63) is 96.6 Å². The lowest BCUT2D eigenvalue weighted by Crippen LogP contribution is -2.45. The number of hydrogen-bond donors (Lipinski definition) is 1. The molecule has 4 rings (SSSR count). The first-order valence-corrected chi connectivity index (χ1v) is 12.7. The molecule has 0 spiro atoms. The molecule has 1 aliphatic rings. The first-order valence-electron chi connectivity index (χ1n) is 11.0. The lowest BCUT2D eigenvalue weighted by molar-refractivity contribution is 0.211. The van der Waals surface area contributed by atoms with E-state index in [1.54, 1.807) is 0 Å². The van der Waals surface area contributed by atoms with Gasteiger partial charge in [-0.15, -0.1) is 0 Å². The second-order valence-corrected chi connectivity index (χ2v) is 10.7. The van der Waals surface area contributed by atoms with Crippen LogP contribution in [0.2, 0.25) is 0 Å². The van der Waals surface area contributed by atoms with Gasteiger partial charge in [-0.3, -0.25) is 9.65 Å². The fourth-order valence-electron chi connectivity index (χ4n) is 4.33. The van der Waals surface area contributed by atoms with Gasteiger partial charge in [0.1, 0.15) is 0 Å². The van der Waals surface area contributed by atoms with Crippen molar-refractivity contribution in [1.29, 1.82) is 0 Å². The highest BCUT2D eigenvalue weighted by Crippen LogP contribution is 2.39. The van der Waals surface area contributed by atoms with E-state index in [2.05, 4.69) is 40.3 Å². The van der Waals surface area contributed by atoms with E-state index in [0.717, 1.165) is 36.7 Å². The van der Waals surface area contributed by atoms with Gasteiger partial charge in [0, 0.05) is 23.2 Å². The molecular weight excluding hydrogens is 387 g/mol. The Bertz CT molecular complexity index is 897. The molecular formula is C26H31N2OP. The van der Waals surface area contributed by atoms with E-state index in [9.17, 15) is 4.57 Å². The van der Waals surface area contributed by atoms with Crippen molar-refractivity contribution in [1.82, 2.24) is 9.99 Å². The van der Waals surface area contributed by atoms with Crippen molar-refractivity contribution in [2.24, 2.45) is 0 Å². The molecule has 1 fully saturated rings. The molecule has 0 bridgehead atoms. The third-order valence-corrected chi connectivity index (χ3v) is 8.64. The highest BCUT2D eigenvalue weighted by molar-refractivity contribution is 7.76. The minimum atomic E-state index is -2.96. The molecule has 3 nitrogen and oxygen atoms in total. The topological polar surface area (TPSA) is 32.3 Å². The Hall–Kier alpha value is -2.19. The molecule has 30 heavy (non-hydrogen) atoms. The summed E-state index contributed by atoms with van der Waals surface area (Å²) in [7, 11) is -2.96. The van der Waals surface area contributed by atoms with Crippen LogP contribution < -0.4 is 15.7 Å². The molecule has 1 atom stereocenters. The summed E-state index contributed by atoms with van der Waals surface area (Å²) in [4.78, 5) is 2.53. The first-order chi connectivity index (χ1) is 14.7. The van der Waals surface area contributed by atoms with Crippen LogP contribution in [0.15, 0.2) is 91.0 Å². The summed E-state index contributed by atoms with van der Waals surface area (Å²) in [6, 6.07) is 30.5. The molecule has 4 heteroatoms. The Morgan fingerprint density at radius 3 is 1.77 bits per heavy atom. The predicted octanol–water partition coefficient (Wildman–Crippen LogP) is 4.60. The number of nitrogens with zero attached hydrogens (tertiary/aromatic N) is 1. The molecule has 1 heterocycles. The summed E-state index contributed by atoms with van der Waals surface area (Å²) in [5.74, 6) is 0. The average Bonchev–Trinajstić information content (AvgIpc) is 2.81. The lowest BCUT2D eigenvalue weighted by atomic mass is 10.0. The van der Waals surface area contributed by atoms with Gasteiger partial charge in [-0.1, -0.05) is 73.2 Å². The Balaban J connectivity index is 1.65. The second kappa shape index (κ2) is 10.2. The van der Waals surface area contributed by atoms with Crippen LogP contribution >= 0.6 is 7.29 Å². The van der Waals surface area contributed by atoms with E-state index in [4.69, 9.17) is 0 Å². The summed E-state index contributed by atoms with van der Waals surface area (Å²) in [5, 5.41) is 5.41. The van der Waals surface area contributed by atoms with Gasteiger partial charge in [0.15, 0.2) is 0 Å². The third kappa shape index (κ3) is 5.29. The van der Waals surface area contributed by atoms with Gasteiger partial charge in [-0.05, 0) is 62.2 Å². The van der Waals surface area contributed by atoms with Crippen molar-refractivity contribution in [2.45, 2.75) is 31.7 Å². The van der Waals surface area contributed by atoms with Crippen molar-refractivity contribution < 1.29 is 4.57 Å². The number of likely N-dealkylation sites (tertiary alicyclic amines) is 1. The van der Waals surface area contributed by atoms with E-state index in [1.165, 1.54) is 24.8 Å². The Morgan fingerprint density at radius 1 is 0.733 bits per heavy atom. The summed E-state index contributed by atoms with van der Waals surface area (Å²) in [6.45, 7) is 3.18. The minimum absolute atomic E-state index is 0.108. The third-order valence-electron chi connectivity index (χ3n) is 5.86. The number of rotatable bonds is 8. The molecule has 1 N–H and O–H groups in total. The number of benzene rings is 3. The fraction of sp³-hybridized carbons (Fsp3) is 0.308. The van der Waals surface area contributed by atoms with Crippen molar-refractivity contribution in [2.75, 3.05) is 19.6 Å². The Labute approximate surface area is 180 Å². The fourth-order valence-corrected chi connectivity index (χ4v) is 6.80. The first kappa shape index (κ1) is 21.1. The number of hydrogen-bond acceptors (Lipinski definition) is 2. The maximum absolute atomic E-state index is 14.5. The van der Waals surface area contributed by atoms with Crippen LogP contribution in [0.3, 0.4) is 0 Å². The van der Waals surface area contributed by atoms with Crippen LogP contribution in [0.5, 0.6) is 0 Å². The zero-order valence-electron chi connectivity index (χ0n) is 17.5. The van der Waals surface area contributed by atoms with Crippen molar-refractivity contribution in [3.8, 4) is 0 Å². The van der Waals surface area contributed by atoms with Crippen LogP contribution in [0.25, 0.3) is 0 Å². The zero-order valence-corrected chi connectivity index (χ0v) is 18.4. The summed E-state index contributed by atoms with van der Waals surface area (Å²) < 4.78 is 14.5. The molecule has 0 radical (unpaired) electrons. The largest absolute Gasteiger partial charge is 0.302 e. The molecule has 156 valence electrons. The number of piperidine rings is 1. The van der Waals surface area contributed by atoms with Gasteiger partial charge in [0.2, 0.25) is 7.29 Å². The SMILES string of the molecule is O=P(N[C@@H](Cc1ccccc1)CN1CCCCC1)(c1ccccc1)c1ccccc1. The zero-order chi connectivity index (χ0) is 20.7. The molecule has 1 saturated heterocycles. The van der Waals surface area contributed by atoms with Gasteiger partial charge in [-0.2, -0.15) is 0 Å². The van der Waals surface area contributed by atoms with Crippen LogP contribution in [0.1, 0.15) is 24.8 Å². The molecule has 0 saturated carbocycles. The van der Waals surface area contributed by atoms with E-state index < -0.39 is 7.29 Å². The van der Waals surface area contributed by atoms with Gasteiger partial charge >= 0.3 is 0 Å². The van der Waals surface area contributed by atoms with Crippen LogP contribution in [0.4, 0.5) is 0 Å². The Kier molecular flexibility index (Phi) is 7.17. The smallest absolute Gasteiger partial charge is 0.204 e. The van der Waals surface area contributed by atoms with E-state index >= 15 is 0 Å². The molecule has 0 unspecified atom stereocenters. The molecule has 3 aromatic rings. The minimum Gasteiger partial charge on any atom is -0.302 e. The maximum atomic E-state index is 14.5. The van der Waals surface area contributed by atoms with Gasteiger partial charge in [0.25, 0.3) is 0 Å². The van der Waals surface area contributed by atoms with Gasteiger partial charge in [0.05, 0.1) is 0 Å². The van der Waals surface area contributed by atoms with Crippen LogP contribution in [-0.4, -0.2) is 30.6 Å². The Morgan fingerprint density at radius 2 is 1.23 bits per heavy atom. The van der Waals surface area contributed by atoms with Crippen LogP contribution in [-0.2, 0) is 11.0 Å². The average molecular weight is 419 g/mol. The molecule has 3 aromatic carbocycles.